The van der Waals surface area contributed by atoms with Gasteiger partial charge in [-0.15, -0.1) is 16.4 Å². The number of benzene rings is 2. The van der Waals surface area contributed by atoms with Gasteiger partial charge in [-0.3, -0.25) is 0 Å². The van der Waals surface area contributed by atoms with E-state index in [9.17, 15) is 0 Å². The van der Waals surface area contributed by atoms with Gasteiger partial charge in [-0.25, -0.2) is 4.98 Å². The maximum Gasteiger partial charge on any atom is 0.214 e. The fourth-order valence-electron chi connectivity index (χ4n) is 2.73. The zero-order valence-corrected chi connectivity index (χ0v) is 17.4. The van der Waals surface area contributed by atoms with Gasteiger partial charge >= 0.3 is 0 Å². The highest BCUT2D eigenvalue weighted by Crippen LogP contribution is 2.30. The number of methoxy groups -OCH3 is 1. The normalized spacial score (nSPS) is 11.0. The third-order valence-corrected chi connectivity index (χ3v) is 6.10. The summed E-state index contributed by atoms with van der Waals surface area (Å²) < 4.78 is 7.18. The molecule has 0 aliphatic heterocycles. The first-order chi connectivity index (χ1) is 13.6. The van der Waals surface area contributed by atoms with Gasteiger partial charge in [0.25, 0.3) is 0 Å². The predicted octanol–water partition coefficient (Wildman–Crippen LogP) is 4.70. The number of rotatable bonds is 6. The van der Waals surface area contributed by atoms with Crippen LogP contribution in [0.3, 0.4) is 0 Å². The molecule has 4 rings (SSSR count). The lowest BCUT2D eigenvalue weighted by molar-refractivity contribution is 0.410. The van der Waals surface area contributed by atoms with Gasteiger partial charge in [0.15, 0.2) is 0 Å². The summed E-state index contributed by atoms with van der Waals surface area (Å²) in [6, 6.07) is 14.4. The number of aryl methyl sites for hydroxylation is 2. The Bertz CT molecular complexity index is 1090. The van der Waals surface area contributed by atoms with E-state index in [4.69, 9.17) is 9.72 Å². The lowest BCUT2D eigenvalue weighted by Gasteiger charge is -2.10. The smallest absolute Gasteiger partial charge is 0.214 e. The topological polar surface area (TPSA) is 65.7 Å². The SMILES string of the molecule is COc1ccc(C)cc1-n1nnnc1SCc1csc(-c2ccc(C)cc2)n1. The van der Waals surface area contributed by atoms with Crippen molar-refractivity contribution < 1.29 is 4.74 Å². The van der Waals surface area contributed by atoms with Crippen molar-refractivity contribution in [1.82, 2.24) is 25.2 Å². The lowest BCUT2D eigenvalue weighted by atomic mass is 10.2. The monoisotopic (exact) mass is 409 g/mol. The van der Waals surface area contributed by atoms with Gasteiger partial charge < -0.3 is 4.74 Å². The molecule has 0 aliphatic rings. The zero-order chi connectivity index (χ0) is 19.5. The zero-order valence-electron chi connectivity index (χ0n) is 15.8. The van der Waals surface area contributed by atoms with Crippen LogP contribution in [0, 0.1) is 13.8 Å². The lowest BCUT2D eigenvalue weighted by Crippen LogP contribution is -2.02. The van der Waals surface area contributed by atoms with Gasteiger partial charge in [0, 0.05) is 16.7 Å². The molecule has 0 saturated carbocycles. The van der Waals surface area contributed by atoms with Crippen LogP contribution in [-0.4, -0.2) is 32.3 Å². The fraction of sp³-hybridized carbons (Fsp3) is 0.200. The molecule has 0 saturated heterocycles. The molecule has 0 radical (unpaired) electrons. The molecule has 6 nitrogen and oxygen atoms in total. The molecular weight excluding hydrogens is 390 g/mol. The van der Waals surface area contributed by atoms with E-state index in [0.717, 1.165) is 33.3 Å². The van der Waals surface area contributed by atoms with Crippen molar-refractivity contribution in [3.8, 4) is 22.0 Å². The number of thiazole rings is 1. The summed E-state index contributed by atoms with van der Waals surface area (Å²) in [5.41, 5.74) is 5.34. The quantitative estimate of drug-likeness (QED) is 0.430. The van der Waals surface area contributed by atoms with Gasteiger partial charge in [0.2, 0.25) is 5.16 Å². The summed E-state index contributed by atoms with van der Waals surface area (Å²) in [4.78, 5) is 4.75. The van der Waals surface area contributed by atoms with Gasteiger partial charge in [-0.1, -0.05) is 47.7 Å². The van der Waals surface area contributed by atoms with E-state index >= 15 is 0 Å². The van der Waals surface area contributed by atoms with Crippen molar-refractivity contribution in [3.05, 3.63) is 64.7 Å². The molecule has 0 unspecified atom stereocenters. The maximum atomic E-state index is 5.47. The summed E-state index contributed by atoms with van der Waals surface area (Å²) in [7, 11) is 1.65. The molecule has 0 amide bonds. The summed E-state index contributed by atoms with van der Waals surface area (Å²) in [5.74, 6) is 1.42. The largest absolute Gasteiger partial charge is 0.494 e. The van der Waals surface area contributed by atoms with Gasteiger partial charge in [-0.05, 0) is 42.0 Å². The summed E-state index contributed by atoms with van der Waals surface area (Å²) in [6.07, 6.45) is 0. The van der Waals surface area contributed by atoms with Crippen LogP contribution in [0.5, 0.6) is 5.75 Å². The molecule has 0 atom stereocenters. The molecule has 2 heterocycles. The number of nitrogens with zero attached hydrogens (tertiary/aromatic N) is 5. The summed E-state index contributed by atoms with van der Waals surface area (Å²) >= 11 is 3.20. The first-order valence-corrected chi connectivity index (χ1v) is 10.6. The van der Waals surface area contributed by atoms with Crippen LogP contribution in [0.15, 0.2) is 53.0 Å². The van der Waals surface area contributed by atoms with Crippen LogP contribution in [0.2, 0.25) is 0 Å². The number of thioether (sulfide) groups is 1. The average molecular weight is 410 g/mol. The predicted molar refractivity (Wildman–Crippen MR) is 112 cm³/mol. The van der Waals surface area contributed by atoms with Crippen molar-refractivity contribution in [3.63, 3.8) is 0 Å². The third-order valence-electron chi connectivity index (χ3n) is 4.20. The molecule has 0 bridgehead atoms. The summed E-state index contributed by atoms with van der Waals surface area (Å²) in [5, 5.41) is 16.0. The second-order valence-electron chi connectivity index (χ2n) is 6.35. The molecule has 2 aromatic carbocycles. The minimum atomic E-state index is 0.691. The van der Waals surface area contributed by atoms with E-state index in [0.29, 0.717) is 10.9 Å². The van der Waals surface area contributed by atoms with E-state index in [1.165, 1.54) is 5.56 Å². The van der Waals surface area contributed by atoms with Crippen molar-refractivity contribution in [2.24, 2.45) is 0 Å². The second-order valence-corrected chi connectivity index (χ2v) is 8.15. The maximum absolute atomic E-state index is 5.47. The Hall–Kier alpha value is -2.71. The average Bonchev–Trinajstić information content (AvgIpc) is 3.36. The van der Waals surface area contributed by atoms with Crippen LogP contribution in [0.4, 0.5) is 0 Å². The van der Waals surface area contributed by atoms with Gasteiger partial charge in [0.05, 0.1) is 12.8 Å². The van der Waals surface area contributed by atoms with Gasteiger partial charge in [0.1, 0.15) is 16.4 Å². The first kappa shape index (κ1) is 18.6. The number of tetrazole rings is 1. The molecule has 4 aromatic rings. The third kappa shape index (κ3) is 3.93. The standard InChI is InChI=1S/C20H19N5OS2/c1-13-4-7-15(8-5-13)19-21-16(11-27-19)12-28-20-22-23-24-25(20)17-10-14(2)6-9-18(17)26-3/h4-11H,12H2,1-3H3. The minimum absolute atomic E-state index is 0.691. The van der Waals surface area contributed by atoms with Crippen molar-refractivity contribution in [2.45, 2.75) is 24.8 Å². The first-order valence-electron chi connectivity index (χ1n) is 8.71. The Morgan fingerprint density at radius 2 is 1.86 bits per heavy atom. The molecule has 28 heavy (non-hydrogen) atoms. The van der Waals surface area contributed by atoms with Crippen LogP contribution >= 0.6 is 23.1 Å². The molecule has 0 aliphatic carbocycles. The minimum Gasteiger partial charge on any atom is -0.494 e. The molecule has 0 fully saturated rings. The number of aromatic nitrogens is 5. The van der Waals surface area contributed by atoms with Crippen molar-refractivity contribution >= 4 is 23.1 Å². The van der Waals surface area contributed by atoms with Gasteiger partial charge in [-0.2, -0.15) is 4.68 Å². The molecule has 2 aromatic heterocycles. The Labute approximate surface area is 171 Å². The van der Waals surface area contributed by atoms with Crippen molar-refractivity contribution in [1.29, 1.82) is 0 Å². The highest BCUT2D eigenvalue weighted by atomic mass is 32.2. The summed E-state index contributed by atoms with van der Waals surface area (Å²) in [6.45, 7) is 4.11. The second kappa shape index (κ2) is 8.12. The van der Waals surface area contributed by atoms with E-state index in [-0.39, 0.29) is 0 Å². The highest BCUT2D eigenvalue weighted by Gasteiger charge is 2.15. The van der Waals surface area contributed by atoms with Crippen LogP contribution in [0.25, 0.3) is 16.3 Å². The number of ether oxygens (including phenoxy) is 1. The molecule has 8 heteroatoms. The molecule has 0 spiro atoms. The Kier molecular flexibility index (Phi) is 5.40. The van der Waals surface area contributed by atoms with Crippen LogP contribution in [-0.2, 0) is 5.75 Å². The van der Waals surface area contributed by atoms with Crippen LogP contribution in [0.1, 0.15) is 16.8 Å². The van der Waals surface area contributed by atoms with E-state index in [1.54, 1.807) is 34.9 Å². The number of hydrogen-bond acceptors (Lipinski definition) is 7. The van der Waals surface area contributed by atoms with E-state index in [2.05, 4.69) is 52.1 Å². The van der Waals surface area contributed by atoms with E-state index < -0.39 is 0 Å². The van der Waals surface area contributed by atoms with Crippen molar-refractivity contribution in [2.75, 3.05) is 7.11 Å². The van der Waals surface area contributed by atoms with Crippen LogP contribution < -0.4 is 4.74 Å². The Morgan fingerprint density at radius 3 is 2.64 bits per heavy atom. The molecular formula is C20H19N5OS2. The Balaban J connectivity index is 1.52. The van der Waals surface area contributed by atoms with E-state index in [1.807, 2.05) is 25.1 Å². The highest BCUT2D eigenvalue weighted by molar-refractivity contribution is 7.98. The molecule has 0 N–H and O–H groups in total. The number of hydrogen-bond donors (Lipinski definition) is 0. The molecule has 142 valence electrons. The Morgan fingerprint density at radius 1 is 1.07 bits per heavy atom. The fourth-order valence-corrected chi connectivity index (χ4v) is 4.43.